The van der Waals surface area contributed by atoms with E-state index in [0.29, 0.717) is 28.1 Å². The highest BCUT2D eigenvalue weighted by molar-refractivity contribution is 7.86. The van der Waals surface area contributed by atoms with Gasteiger partial charge in [-0.1, -0.05) is 12.1 Å². The van der Waals surface area contributed by atoms with Crippen molar-refractivity contribution in [1.29, 1.82) is 0 Å². The highest BCUT2D eigenvalue weighted by Crippen LogP contribution is 2.43. The maximum absolute atomic E-state index is 11.9. The average Bonchev–Trinajstić information content (AvgIpc) is 2.98. The van der Waals surface area contributed by atoms with Crippen molar-refractivity contribution in [1.82, 2.24) is 0 Å². The Hall–Kier alpha value is -5.29. The first kappa shape index (κ1) is 31.1. The number of azo groups is 2. The lowest BCUT2D eigenvalue weighted by molar-refractivity contribution is -0.114. The molecule has 0 aliphatic heterocycles. The molecule has 0 spiro atoms. The SMILES string of the molecule is CNc1ccc(S(=O)(=O)O)c2ccc(N=Nc3ccc(N=Nc4ccc(NC(C)=O)cc4)c4ccc(S(=O)(=O)O)cc34)c(O)c12. The summed E-state index contributed by atoms with van der Waals surface area (Å²) in [6, 6.07) is 18.7. The molecule has 5 aromatic rings. The zero-order chi connectivity index (χ0) is 32.5. The van der Waals surface area contributed by atoms with Crippen LogP contribution in [-0.2, 0) is 25.0 Å². The highest BCUT2D eigenvalue weighted by Gasteiger charge is 2.20. The number of phenols is 1. The zero-order valence-electron chi connectivity index (χ0n) is 23.5. The van der Waals surface area contributed by atoms with Crippen LogP contribution in [0.3, 0.4) is 0 Å². The number of fused-ring (bicyclic) bond motifs is 2. The van der Waals surface area contributed by atoms with E-state index in [1.165, 1.54) is 55.5 Å². The van der Waals surface area contributed by atoms with Crippen LogP contribution in [0.25, 0.3) is 21.5 Å². The second-order valence-electron chi connectivity index (χ2n) is 9.61. The minimum atomic E-state index is -4.61. The second-order valence-corrected chi connectivity index (χ2v) is 12.4. The first-order valence-electron chi connectivity index (χ1n) is 13.0. The predicted molar refractivity (Wildman–Crippen MR) is 168 cm³/mol. The summed E-state index contributed by atoms with van der Waals surface area (Å²) in [6.45, 7) is 1.39. The lowest BCUT2D eigenvalue weighted by Gasteiger charge is -2.12. The van der Waals surface area contributed by atoms with Gasteiger partial charge in [-0.15, -0.1) is 15.3 Å². The Morgan fingerprint density at radius 1 is 0.689 bits per heavy atom. The standard InChI is InChI=1S/C29H24N6O8S2/c1-16(36)31-17-3-5-18(6-4-17)32-33-23-11-12-24(22-15-19(44(38,39)40)7-8-20(22)23)34-35-26-10-9-21-27(45(41,42)43)14-13-25(30-2)28(21)29(26)37/h3-15,30,37H,1-2H3,(H,31,36)(H,38,39,40)(H,41,42,43). The van der Waals surface area contributed by atoms with E-state index in [1.54, 1.807) is 37.4 Å². The van der Waals surface area contributed by atoms with Crippen LogP contribution in [-0.4, -0.2) is 44.0 Å². The van der Waals surface area contributed by atoms with Crippen molar-refractivity contribution in [2.24, 2.45) is 20.5 Å². The van der Waals surface area contributed by atoms with Crippen molar-refractivity contribution in [3.63, 3.8) is 0 Å². The van der Waals surface area contributed by atoms with Gasteiger partial charge in [-0.2, -0.15) is 21.9 Å². The molecule has 0 saturated carbocycles. The Balaban J connectivity index is 1.59. The molecule has 230 valence electrons. The molecule has 0 fully saturated rings. The van der Waals surface area contributed by atoms with Gasteiger partial charge in [0.2, 0.25) is 5.91 Å². The first-order chi connectivity index (χ1) is 21.3. The van der Waals surface area contributed by atoms with Gasteiger partial charge in [0.25, 0.3) is 20.2 Å². The Morgan fingerprint density at radius 2 is 1.29 bits per heavy atom. The van der Waals surface area contributed by atoms with Gasteiger partial charge in [0, 0.05) is 41.5 Å². The predicted octanol–water partition coefficient (Wildman–Crippen LogP) is 7.02. The Bertz CT molecular complexity index is 2270. The average molecular weight is 649 g/mol. The molecule has 0 bridgehead atoms. The Morgan fingerprint density at radius 3 is 1.91 bits per heavy atom. The molecule has 1 amide bonds. The molecule has 0 aliphatic rings. The van der Waals surface area contributed by atoms with Gasteiger partial charge in [-0.25, -0.2) is 0 Å². The Kier molecular flexibility index (Phi) is 8.31. The van der Waals surface area contributed by atoms with Crippen LogP contribution >= 0.6 is 0 Å². The van der Waals surface area contributed by atoms with Crippen molar-refractivity contribution >= 4 is 81.8 Å². The molecular weight excluding hydrogens is 624 g/mol. The van der Waals surface area contributed by atoms with Crippen LogP contribution in [0.1, 0.15) is 6.92 Å². The summed E-state index contributed by atoms with van der Waals surface area (Å²) in [7, 11) is -7.63. The quantitative estimate of drug-likeness (QED) is 0.0860. The normalized spacial score (nSPS) is 12.4. The van der Waals surface area contributed by atoms with Crippen molar-refractivity contribution < 1.29 is 35.8 Å². The number of nitrogens with zero attached hydrogens (tertiary/aromatic N) is 4. The van der Waals surface area contributed by atoms with Gasteiger partial charge < -0.3 is 15.7 Å². The van der Waals surface area contributed by atoms with Gasteiger partial charge in [-0.3, -0.25) is 13.9 Å². The largest absolute Gasteiger partial charge is 0.505 e. The molecule has 0 heterocycles. The number of rotatable bonds is 8. The monoisotopic (exact) mass is 648 g/mol. The fourth-order valence-electron chi connectivity index (χ4n) is 4.57. The molecule has 0 radical (unpaired) electrons. The number of amides is 1. The van der Waals surface area contributed by atoms with E-state index in [9.17, 15) is 35.8 Å². The molecule has 5 rings (SSSR count). The first-order valence-corrected chi connectivity index (χ1v) is 15.8. The van der Waals surface area contributed by atoms with Crippen LogP contribution in [0.15, 0.2) is 109 Å². The smallest absolute Gasteiger partial charge is 0.295 e. The third-order valence-corrected chi connectivity index (χ3v) is 8.37. The molecule has 45 heavy (non-hydrogen) atoms. The van der Waals surface area contributed by atoms with Crippen molar-refractivity contribution in [3.05, 3.63) is 78.9 Å². The number of nitrogens with one attached hydrogen (secondary N) is 2. The molecule has 0 saturated heterocycles. The van der Waals surface area contributed by atoms with E-state index in [4.69, 9.17) is 0 Å². The van der Waals surface area contributed by atoms with E-state index < -0.39 is 35.8 Å². The minimum absolute atomic E-state index is 0.0449. The minimum Gasteiger partial charge on any atom is -0.505 e. The molecule has 0 atom stereocenters. The second kappa shape index (κ2) is 12.0. The van der Waals surface area contributed by atoms with Gasteiger partial charge in [-0.05, 0) is 66.7 Å². The van der Waals surface area contributed by atoms with Crippen molar-refractivity contribution in [2.75, 3.05) is 17.7 Å². The number of phenolic OH excluding ortho intramolecular Hbond substituents is 1. The summed E-state index contributed by atoms with van der Waals surface area (Å²) in [4.78, 5) is 10.4. The summed E-state index contributed by atoms with van der Waals surface area (Å²) in [5, 5.41) is 34.1. The molecule has 0 aliphatic carbocycles. The molecule has 0 unspecified atom stereocenters. The number of carbonyl (C=O) groups excluding carboxylic acids is 1. The summed E-state index contributed by atoms with van der Waals surface area (Å²) in [5.74, 6) is -0.647. The summed E-state index contributed by atoms with van der Waals surface area (Å²) < 4.78 is 67.0. The zero-order valence-corrected chi connectivity index (χ0v) is 25.1. The third-order valence-electron chi connectivity index (χ3n) is 6.61. The van der Waals surface area contributed by atoms with Gasteiger partial charge in [0.1, 0.15) is 10.6 Å². The van der Waals surface area contributed by atoms with Gasteiger partial charge in [0.15, 0.2) is 5.75 Å². The van der Waals surface area contributed by atoms with Gasteiger partial charge in [0.05, 0.1) is 27.3 Å². The lowest BCUT2D eigenvalue weighted by Crippen LogP contribution is -2.04. The maximum atomic E-state index is 11.9. The molecule has 14 nitrogen and oxygen atoms in total. The van der Waals surface area contributed by atoms with Crippen LogP contribution in [0.4, 0.5) is 34.1 Å². The van der Waals surface area contributed by atoms with Gasteiger partial charge >= 0.3 is 0 Å². The number of carbonyl (C=O) groups is 1. The number of hydrogen-bond donors (Lipinski definition) is 5. The summed E-state index contributed by atoms with van der Waals surface area (Å²) in [6.07, 6.45) is 0. The summed E-state index contributed by atoms with van der Waals surface area (Å²) >= 11 is 0. The molecule has 0 aromatic heterocycles. The van der Waals surface area contributed by atoms with Crippen molar-refractivity contribution in [2.45, 2.75) is 16.7 Å². The highest BCUT2D eigenvalue weighted by atomic mass is 32.2. The van der Waals surface area contributed by atoms with E-state index in [-0.39, 0.29) is 33.4 Å². The molecule has 5 N–H and O–H groups in total. The van der Waals surface area contributed by atoms with Crippen LogP contribution in [0.5, 0.6) is 5.75 Å². The third kappa shape index (κ3) is 6.63. The Labute approximate surface area is 256 Å². The molecular formula is C29H24N6O8S2. The fraction of sp³-hybridized carbons (Fsp3) is 0.0690. The van der Waals surface area contributed by atoms with Crippen LogP contribution < -0.4 is 10.6 Å². The number of benzene rings is 5. The van der Waals surface area contributed by atoms with E-state index >= 15 is 0 Å². The molecule has 5 aromatic carbocycles. The number of hydrogen-bond acceptors (Lipinski definition) is 11. The fourth-order valence-corrected chi connectivity index (χ4v) is 5.76. The van der Waals surface area contributed by atoms with Crippen molar-refractivity contribution in [3.8, 4) is 5.75 Å². The lowest BCUT2D eigenvalue weighted by atomic mass is 10.1. The topological polar surface area (TPSA) is 220 Å². The summed E-state index contributed by atoms with van der Waals surface area (Å²) in [5.41, 5.74) is 1.83. The van der Waals surface area contributed by atoms with Crippen LogP contribution in [0.2, 0.25) is 0 Å². The number of anilines is 2. The van der Waals surface area contributed by atoms with E-state index in [0.717, 1.165) is 0 Å². The molecule has 16 heteroatoms. The number of aromatic hydroxyl groups is 1. The van der Waals surface area contributed by atoms with Crippen LogP contribution in [0, 0.1) is 0 Å². The maximum Gasteiger partial charge on any atom is 0.295 e. The van der Waals surface area contributed by atoms with E-state index in [1.807, 2.05) is 0 Å². The van der Waals surface area contributed by atoms with E-state index in [2.05, 4.69) is 31.1 Å².